The number of thioether (sulfide) groups is 1. The lowest BCUT2D eigenvalue weighted by Gasteiger charge is -2.05. The number of hydrogen-bond donors (Lipinski definition) is 1. The highest BCUT2D eigenvalue weighted by Crippen LogP contribution is 2.30. The molecule has 112 valence electrons. The van der Waals surface area contributed by atoms with Crippen LogP contribution in [-0.4, -0.2) is 15.4 Å². The summed E-state index contributed by atoms with van der Waals surface area (Å²) in [6.45, 7) is 2.65. The van der Waals surface area contributed by atoms with E-state index in [1.165, 1.54) is 31.2 Å². The van der Waals surface area contributed by atoms with Gasteiger partial charge in [-0.3, -0.25) is 0 Å². The molecule has 4 nitrogen and oxygen atoms in total. The summed E-state index contributed by atoms with van der Waals surface area (Å²) >= 11 is 1.96. The molecule has 0 saturated heterocycles. The van der Waals surface area contributed by atoms with Gasteiger partial charge in [-0.25, -0.2) is 0 Å². The maximum atomic E-state index is 5.29. The second-order valence-electron chi connectivity index (χ2n) is 5.54. The van der Waals surface area contributed by atoms with Crippen molar-refractivity contribution in [3.63, 3.8) is 0 Å². The Hall–Kier alpha value is -1.49. The lowest BCUT2D eigenvalue weighted by Crippen LogP contribution is -2.00. The van der Waals surface area contributed by atoms with Crippen molar-refractivity contribution in [3.05, 3.63) is 41.5 Å². The molecule has 1 heterocycles. The quantitative estimate of drug-likeness (QED) is 0.868. The van der Waals surface area contributed by atoms with E-state index in [1.807, 2.05) is 11.8 Å². The number of hydrogen-bond acceptors (Lipinski definition) is 5. The third-order valence-corrected chi connectivity index (χ3v) is 5.12. The molecule has 1 aromatic carbocycles. The van der Waals surface area contributed by atoms with Gasteiger partial charge in [-0.15, -0.1) is 0 Å². The van der Waals surface area contributed by atoms with Gasteiger partial charge in [0.15, 0.2) is 5.82 Å². The summed E-state index contributed by atoms with van der Waals surface area (Å²) < 4.78 is 5.29. The lowest BCUT2D eigenvalue weighted by atomic mass is 10.2. The van der Waals surface area contributed by atoms with Crippen LogP contribution in [0.25, 0.3) is 0 Å². The molecular weight excluding hydrogens is 282 g/mol. The first kappa shape index (κ1) is 14.4. The van der Waals surface area contributed by atoms with E-state index in [-0.39, 0.29) is 0 Å². The van der Waals surface area contributed by atoms with E-state index in [4.69, 9.17) is 4.52 Å². The van der Waals surface area contributed by atoms with E-state index in [1.54, 1.807) is 0 Å². The Morgan fingerprint density at radius 2 is 2.00 bits per heavy atom. The number of nitrogens with zero attached hydrogens (tertiary/aromatic N) is 2. The number of anilines is 1. The highest BCUT2D eigenvalue weighted by atomic mass is 32.2. The average molecular weight is 303 g/mol. The van der Waals surface area contributed by atoms with Crippen molar-refractivity contribution < 1.29 is 4.52 Å². The zero-order valence-electron chi connectivity index (χ0n) is 12.3. The Morgan fingerprint density at radius 3 is 2.76 bits per heavy atom. The van der Waals surface area contributed by atoms with Crippen LogP contribution in [0.2, 0.25) is 0 Å². The largest absolute Gasteiger partial charge is 0.376 e. The summed E-state index contributed by atoms with van der Waals surface area (Å²) in [5.74, 6) is 2.32. The minimum Gasteiger partial charge on any atom is -0.376 e. The predicted octanol–water partition coefficient (Wildman–Crippen LogP) is 4.17. The molecule has 21 heavy (non-hydrogen) atoms. The monoisotopic (exact) mass is 303 g/mol. The van der Waals surface area contributed by atoms with E-state index in [0.29, 0.717) is 12.4 Å². The summed E-state index contributed by atoms with van der Waals surface area (Å²) in [6, 6.07) is 8.28. The molecule has 0 unspecified atom stereocenters. The second kappa shape index (κ2) is 6.98. The molecule has 0 aliphatic heterocycles. The first-order chi connectivity index (χ1) is 10.3. The van der Waals surface area contributed by atoms with Crippen molar-refractivity contribution in [2.75, 3.05) is 5.32 Å². The second-order valence-corrected chi connectivity index (χ2v) is 6.83. The van der Waals surface area contributed by atoms with Crippen LogP contribution >= 0.6 is 11.8 Å². The molecule has 1 N–H and O–H groups in total. The predicted molar refractivity (Wildman–Crippen MR) is 86.4 cm³/mol. The van der Waals surface area contributed by atoms with E-state index >= 15 is 0 Å². The first-order valence-electron chi connectivity index (χ1n) is 7.53. The molecule has 3 rings (SSSR count). The topological polar surface area (TPSA) is 51.0 Å². The van der Waals surface area contributed by atoms with Gasteiger partial charge in [0.05, 0.1) is 12.3 Å². The highest BCUT2D eigenvalue weighted by molar-refractivity contribution is 7.99. The molecule has 0 atom stereocenters. The fraction of sp³-hybridized carbons (Fsp3) is 0.500. The zero-order chi connectivity index (χ0) is 14.5. The average Bonchev–Trinajstić information content (AvgIpc) is 3.16. The minimum atomic E-state index is 0.574. The standard InChI is InChI=1S/C16H21N3OS/c1-12-6-8-13(9-7-12)17-10-16-18-15(19-20-16)11-21-14-4-2-3-5-14/h6-9,14,17H,2-5,10-11H2,1H3. The Balaban J connectivity index is 1.46. The van der Waals surface area contributed by atoms with Crippen LogP contribution < -0.4 is 5.32 Å². The van der Waals surface area contributed by atoms with Crippen molar-refractivity contribution in [1.82, 2.24) is 10.1 Å². The molecule has 1 saturated carbocycles. The van der Waals surface area contributed by atoms with Gasteiger partial charge < -0.3 is 9.84 Å². The van der Waals surface area contributed by atoms with Crippen LogP contribution in [0.3, 0.4) is 0 Å². The highest BCUT2D eigenvalue weighted by Gasteiger charge is 2.16. The van der Waals surface area contributed by atoms with Gasteiger partial charge in [-0.2, -0.15) is 16.7 Å². The molecule has 5 heteroatoms. The van der Waals surface area contributed by atoms with Crippen LogP contribution in [0, 0.1) is 6.92 Å². The number of aromatic nitrogens is 2. The smallest absolute Gasteiger partial charge is 0.245 e. The van der Waals surface area contributed by atoms with Crippen LogP contribution in [-0.2, 0) is 12.3 Å². The zero-order valence-corrected chi connectivity index (χ0v) is 13.2. The number of nitrogens with one attached hydrogen (secondary N) is 1. The Bertz CT molecular complexity index is 561. The van der Waals surface area contributed by atoms with Crippen molar-refractivity contribution in [1.29, 1.82) is 0 Å². The first-order valence-corrected chi connectivity index (χ1v) is 8.58. The van der Waals surface area contributed by atoms with Gasteiger partial charge in [-0.05, 0) is 31.9 Å². The summed E-state index contributed by atoms with van der Waals surface area (Å²) in [7, 11) is 0. The van der Waals surface area contributed by atoms with Gasteiger partial charge in [0, 0.05) is 10.9 Å². The van der Waals surface area contributed by atoms with Gasteiger partial charge in [0.25, 0.3) is 0 Å². The summed E-state index contributed by atoms with van der Waals surface area (Å²) in [4.78, 5) is 4.44. The van der Waals surface area contributed by atoms with Crippen LogP contribution in [0.4, 0.5) is 5.69 Å². The van der Waals surface area contributed by atoms with Gasteiger partial charge in [0.2, 0.25) is 5.89 Å². The number of aryl methyl sites for hydroxylation is 1. The van der Waals surface area contributed by atoms with Crippen molar-refractivity contribution in [2.24, 2.45) is 0 Å². The van der Waals surface area contributed by atoms with Crippen LogP contribution in [0.15, 0.2) is 28.8 Å². The van der Waals surface area contributed by atoms with Crippen molar-refractivity contribution in [3.8, 4) is 0 Å². The molecule has 2 aromatic rings. The van der Waals surface area contributed by atoms with E-state index < -0.39 is 0 Å². The van der Waals surface area contributed by atoms with Crippen LogP contribution in [0.1, 0.15) is 43.0 Å². The Morgan fingerprint density at radius 1 is 1.24 bits per heavy atom. The van der Waals surface area contributed by atoms with E-state index in [2.05, 4.69) is 46.6 Å². The lowest BCUT2D eigenvalue weighted by molar-refractivity contribution is 0.379. The summed E-state index contributed by atoms with van der Waals surface area (Å²) in [5.41, 5.74) is 2.32. The third kappa shape index (κ3) is 4.24. The maximum absolute atomic E-state index is 5.29. The van der Waals surface area contributed by atoms with E-state index in [0.717, 1.165) is 22.5 Å². The molecule has 0 bridgehead atoms. The Kier molecular flexibility index (Phi) is 4.80. The van der Waals surface area contributed by atoms with Crippen molar-refractivity contribution >= 4 is 17.4 Å². The molecule has 1 aromatic heterocycles. The van der Waals surface area contributed by atoms with Gasteiger partial charge in [-0.1, -0.05) is 35.7 Å². The fourth-order valence-electron chi connectivity index (χ4n) is 2.52. The molecule has 1 aliphatic rings. The molecule has 0 radical (unpaired) electrons. The fourth-order valence-corrected chi connectivity index (χ4v) is 3.69. The molecule has 1 fully saturated rings. The summed E-state index contributed by atoms with van der Waals surface area (Å²) in [5, 5.41) is 8.14. The minimum absolute atomic E-state index is 0.574. The van der Waals surface area contributed by atoms with E-state index in [9.17, 15) is 0 Å². The summed E-state index contributed by atoms with van der Waals surface area (Å²) in [6.07, 6.45) is 5.42. The van der Waals surface area contributed by atoms with Gasteiger partial charge >= 0.3 is 0 Å². The number of benzene rings is 1. The molecule has 0 amide bonds. The van der Waals surface area contributed by atoms with Crippen molar-refractivity contribution in [2.45, 2.75) is 50.2 Å². The van der Waals surface area contributed by atoms with Gasteiger partial charge in [0.1, 0.15) is 0 Å². The third-order valence-electron chi connectivity index (χ3n) is 3.76. The number of rotatable bonds is 6. The molecule has 1 aliphatic carbocycles. The Labute approximate surface area is 129 Å². The molecular formula is C16H21N3OS. The SMILES string of the molecule is Cc1ccc(NCc2nc(CSC3CCCC3)no2)cc1. The maximum Gasteiger partial charge on any atom is 0.245 e. The normalized spacial score (nSPS) is 15.5. The molecule has 0 spiro atoms. The van der Waals surface area contributed by atoms with Crippen LogP contribution in [0.5, 0.6) is 0 Å².